The van der Waals surface area contributed by atoms with Crippen molar-refractivity contribution in [1.82, 2.24) is 9.97 Å². The van der Waals surface area contributed by atoms with Gasteiger partial charge < -0.3 is 10.6 Å². The second-order valence-corrected chi connectivity index (χ2v) is 5.49. The van der Waals surface area contributed by atoms with Crippen LogP contribution < -0.4 is 10.6 Å². The van der Waals surface area contributed by atoms with Crippen LogP contribution in [0.2, 0.25) is 5.15 Å². The molecule has 2 N–H and O–H groups in total. The first-order chi connectivity index (χ1) is 7.88. The van der Waals surface area contributed by atoms with Crippen molar-refractivity contribution < 1.29 is 0 Å². The van der Waals surface area contributed by atoms with E-state index in [1.807, 2.05) is 0 Å². The van der Waals surface area contributed by atoms with Crippen LogP contribution in [0.1, 0.15) is 27.7 Å². The van der Waals surface area contributed by atoms with Gasteiger partial charge in [-0.1, -0.05) is 39.3 Å². The number of nitrogens with zero attached hydrogens (tertiary/aromatic N) is 3. The average Bonchev–Trinajstić information content (AvgIpc) is 2.13. The summed E-state index contributed by atoms with van der Waals surface area (Å²) in [4.78, 5) is 10.3. The second kappa shape index (κ2) is 6.05. The zero-order valence-corrected chi connectivity index (χ0v) is 11.7. The maximum Gasteiger partial charge on any atom is 0.223 e. The molecule has 0 spiro atoms. The zero-order valence-electron chi connectivity index (χ0n) is 10.9. The summed E-state index contributed by atoms with van der Waals surface area (Å²) in [6.45, 7) is 10.6. The summed E-state index contributed by atoms with van der Waals surface area (Å²) in [5, 5.41) is 0.394. The lowest BCUT2D eigenvalue weighted by molar-refractivity contribution is 0.548. The molecule has 0 aromatic carbocycles. The zero-order chi connectivity index (χ0) is 13.0. The van der Waals surface area contributed by atoms with E-state index in [1.165, 1.54) is 0 Å². The minimum absolute atomic E-state index is 0.227. The Morgan fingerprint density at radius 1 is 1.18 bits per heavy atom. The van der Waals surface area contributed by atoms with Gasteiger partial charge in [-0.2, -0.15) is 4.98 Å². The minimum atomic E-state index is 0.227. The number of hydrogen-bond acceptors (Lipinski definition) is 4. The van der Waals surface area contributed by atoms with Crippen LogP contribution >= 0.6 is 11.6 Å². The highest BCUT2D eigenvalue weighted by atomic mass is 35.5. The molecule has 0 aliphatic carbocycles. The third kappa shape index (κ3) is 4.77. The Kier molecular flexibility index (Phi) is 5.00. The van der Waals surface area contributed by atoms with Gasteiger partial charge in [0.1, 0.15) is 11.0 Å². The minimum Gasteiger partial charge on any atom is -0.368 e. The number of nitrogens with two attached hydrogens (primary N) is 1. The standard InChI is InChI=1S/C12H21ClN4/c1-8(2)6-17(7-9(3)4)11-5-10(13)15-12(14)16-11/h5,8-9H,6-7H2,1-4H3,(H2,14,15,16). The van der Waals surface area contributed by atoms with Gasteiger partial charge in [-0.3, -0.25) is 0 Å². The number of halogens is 1. The topological polar surface area (TPSA) is 55.0 Å². The molecule has 0 aliphatic rings. The van der Waals surface area contributed by atoms with Gasteiger partial charge in [0.15, 0.2) is 0 Å². The smallest absolute Gasteiger partial charge is 0.223 e. The summed E-state index contributed by atoms with van der Waals surface area (Å²) in [5.41, 5.74) is 5.63. The first kappa shape index (κ1) is 14.0. The molecular formula is C12H21ClN4. The fourth-order valence-corrected chi connectivity index (χ4v) is 1.91. The largest absolute Gasteiger partial charge is 0.368 e. The molecule has 0 amide bonds. The predicted molar refractivity (Wildman–Crippen MR) is 73.3 cm³/mol. The van der Waals surface area contributed by atoms with Crippen molar-refractivity contribution >= 4 is 23.4 Å². The molecule has 0 fully saturated rings. The molecule has 1 rings (SSSR count). The van der Waals surface area contributed by atoms with Crippen LogP contribution in [-0.2, 0) is 0 Å². The van der Waals surface area contributed by atoms with E-state index in [1.54, 1.807) is 6.07 Å². The lowest BCUT2D eigenvalue weighted by Crippen LogP contribution is -2.32. The number of anilines is 2. The number of aromatic nitrogens is 2. The number of rotatable bonds is 5. The third-order valence-corrected chi connectivity index (χ3v) is 2.39. The van der Waals surface area contributed by atoms with E-state index in [4.69, 9.17) is 17.3 Å². The molecule has 0 saturated heterocycles. The molecule has 0 radical (unpaired) electrons. The Morgan fingerprint density at radius 2 is 1.71 bits per heavy atom. The number of nitrogen functional groups attached to an aromatic ring is 1. The van der Waals surface area contributed by atoms with Crippen molar-refractivity contribution in [2.75, 3.05) is 23.7 Å². The van der Waals surface area contributed by atoms with Crippen molar-refractivity contribution in [1.29, 1.82) is 0 Å². The maximum absolute atomic E-state index is 5.91. The molecule has 0 bridgehead atoms. The van der Waals surface area contributed by atoms with Crippen LogP contribution in [0.5, 0.6) is 0 Å². The van der Waals surface area contributed by atoms with Gasteiger partial charge in [0.25, 0.3) is 0 Å². The Balaban J connectivity index is 2.94. The fourth-order valence-electron chi connectivity index (χ4n) is 1.73. The van der Waals surface area contributed by atoms with Crippen molar-refractivity contribution in [3.63, 3.8) is 0 Å². The van der Waals surface area contributed by atoms with Crippen LogP contribution in [-0.4, -0.2) is 23.1 Å². The van der Waals surface area contributed by atoms with E-state index in [0.29, 0.717) is 17.0 Å². The van der Waals surface area contributed by atoms with Gasteiger partial charge in [0.2, 0.25) is 5.95 Å². The Hall–Kier alpha value is -1.03. The monoisotopic (exact) mass is 256 g/mol. The van der Waals surface area contributed by atoms with Gasteiger partial charge in [0, 0.05) is 19.2 Å². The second-order valence-electron chi connectivity index (χ2n) is 5.10. The highest BCUT2D eigenvalue weighted by Crippen LogP contribution is 2.19. The van der Waals surface area contributed by atoms with Gasteiger partial charge in [-0.05, 0) is 11.8 Å². The molecule has 1 aromatic rings. The fraction of sp³-hybridized carbons (Fsp3) is 0.667. The summed E-state index contributed by atoms with van der Waals surface area (Å²) in [5.74, 6) is 2.15. The molecule has 0 atom stereocenters. The molecule has 4 nitrogen and oxygen atoms in total. The molecule has 5 heteroatoms. The van der Waals surface area contributed by atoms with E-state index in [2.05, 4.69) is 42.6 Å². The van der Waals surface area contributed by atoms with Crippen molar-refractivity contribution in [3.05, 3.63) is 11.2 Å². The molecule has 0 aliphatic heterocycles. The SMILES string of the molecule is CC(C)CN(CC(C)C)c1cc(Cl)nc(N)n1. The highest BCUT2D eigenvalue weighted by Gasteiger charge is 2.13. The third-order valence-electron chi connectivity index (χ3n) is 2.19. The van der Waals surface area contributed by atoms with E-state index in [-0.39, 0.29) is 5.95 Å². The molecule has 17 heavy (non-hydrogen) atoms. The van der Waals surface area contributed by atoms with Crippen molar-refractivity contribution in [2.24, 2.45) is 11.8 Å². The molecule has 0 saturated carbocycles. The summed E-state index contributed by atoms with van der Waals surface area (Å²) in [6.07, 6.45) is 0. The Morgan fingerprint density at radius 3 is 2.12 bits per heavy atom. The van der Waals surface area contributed by atoms with Crippen LogP contribution in [0, 0.1) is 11.8 Å². The van der Waals surface area contributed by atoms with E-state index in [9.17, 15) is 0 Å². The van der Waals surface area contributed by atoms with Crippen LogP contribution in [0.4, 0.5) is 11.8 Å². The number of hydrogen-bond donors (Lipinski definition) is 1. The van der Waals surface area contributed by atoms with E-state index in [0.717, 1.165) is 18.9 Å². The quantitative estimate of drug-likeness (QED) is 0.823. The molecule has 96 valence electrons. The summed E-state index contributed by atoms with van der Waals surface area (Å²) in [6, 6.07) is 1.77. The van der Waals surface area contributed by atoms with E-state index < -0.39 is 0 Å². The first-order valence-electron chi connectivity index (χ1n) is 5.93. The average molecular weight is 257 g/mol. The normalized spacial score (nSPS) is 11.2. The molecular weight excluding hydrogens is 236 g/mol. The Bertz CT molecular complexity index is 335. The van der Waals surface area contributed by atoms with E-state index >= 15 is 0 Å². The first-order valence-corrected chi connectivity index (χ1v) is 6.31. The van der Waals surface area contributed by atoms with Gasteiger partial charge >= 0.3 is 0 Å². The molecule has 1 aromatic heterocycles. The summed E-state index contributed by atoms with van der Waals surface area (Å²) in [7, 11) is 0. The van der Waals surface area contributed by atoms with Gasteiger partial charge in [-0.25, -0.2) is 4.98 Å². The lowest BCUT2D eigenvalue weighted by atomic mass is 10.1. The summed E-state index contributed by atoms with van der Waals surface area (Å²) >= 11 is 5.91. The van der Waals surface area contributed by atoms with Crippen molar-refractivity contribution in [3.8, 4) is 0 Å². The van der Waals surface area contributed by atoms with Crippen molar-refractivity contribution in [2.45, 2.75) is 27.7 Å². The molecule has 0 unspecified atom stereocenters. The lowest BCUT2D eigenvalue weighted by Gasteiger charge is -2.27. The maximum atomic E-state index is 5.91. The van der Waals surface area contributed by atoms with Gasteiger partial charge in [0.05, 0.1) is 0 Å². The highest BCUT2D eigenvalue weighted by molar-refractivity contribution is 6.29. The van der Waals surface area contributed by atoms with Crippen LogP contribution in [0.25, 0.3) is 0 Å². The Labute approximate surface area is 108 Å². The summed E-state index contributed by atoms with van der Waals surface area (Å²) < 4.78 is 0. The molecule has 1 heterocycles. The van der Waals surface area contributed by atoms with Gasteiger partial charge in [-0.15, -0.1) is 0 Å². The van der Waals surface area contributed by atoms with Crippen LogP contribution in [0.3, 0.4) is 0 Å². The predicted octanol–water partition coefficient (Wildman–Crippen LogP) is 2.83. The van der Waals surface area contributed by atoms with Crippen LogP contribution in [0.15, 0.2) is 6.07 Å².